The molecule has 0 bridgehead atoms. The smallest absolute Gasteiger partial charge is 0.338 e. The number of ether oxygens (including phenoxy) is 1. The molecule has 0 aliphatic heterocycles. The molecule has 0 amide bonds. The molecule has 38 heavy (non-hydrogen) atoms. The largest absolute Gasteiger partial charge is 1.00 e. The summed E-state index contributed by atoms with van der Waals surface area (Å²) < 4.78 is 9.54. The van der Waals surface area contributed by atoms with Crippen molar-refractivity contribution in [3.05, 3.63) is 61.2 Å². The molecule has 4 nitrogen and oxygen atoms in total. The van der Waals surface area contributed by atoms with Gasteiger partial charge in [-0.1, -0.05) is 90.6 Å². The van der Waals surface area contributed by atoms with E-state index in [-0.39, 0.29) is 46.2 Å². The molecular formula is C32H50Br2N2O2. The van der Waals surface area contributed by atoms with E-state index in [4.69, 9.17) is 4.74 Å². The zero-order valence-electron chi connectivity index (χ0n) is 24.0. The topological polar surface area (TPSA) is 34.1 Å². The predicted molar refractivity (Wildman–Crippen MR) is 148 cm³/mol. The van der Waals surface area contributed by atoms with Gasteiger partial charge in [-0.05, 0) is 24.5 Å². The molecule has 0 fully saturated rings. The van der Waals surface area contributed by atoms with Crippen LogP contribution >= 0.6 is 0 Å². The quantitative estimate of drug-likeness (QED) is 0.101. The number of nitrogens with zero attached hydrogens (tertiary/aromatic N) is 2. The van der Waals surface area contributed by atoms with Crippen LogP contribution < -0.4 is 43.1 Å². The van der Waals surface area contributed by atoms with Crippen molar-refractivity contribution in [2.45, 2.75) is 123 Å². The molecule has 1 unspecified atom stereocenters. The Morgan fingerprint density at radius 1 is 0.737 bits per heavy atom. The molecule has 0 saturated heterocycles. The van der Waals surface area contributed by atoms with Crippen LogP contribution in [0.5, 0.6) is 0 Å². The molecule has 2 aromatic rings. The molecule has 6 heteroatoms. The number of carbonyl (C=O) groups excluding carboxylic acids is 1. The summed E-state index contributed by atoms with van der Waals surface area (Å²) in [6.07, 6.45) is 27.4. The van der Waals surface area contributed by atoms with Crippen molar-refractivity contribution in [2.75, 3.05) is 0 Å². The summed E-state index contributed by atoms with van der Waals surface area (Å²) in [5.74, 6) is -0.370. The minimum atomic E-state index is -0.370. The minimum Gasteiger partial charge on any atom is -1.00 e. The summed E-state index contributed by atoms with van der Waals surface area (Å²) in [6.45, 7) is 10.5. The molecule has 0 aromatic carbocycles. The molecule has 0 aliphatic carbocycles. The Bertz CT molecular complexity index is 885. The van der Waals surface area contributed by atoms with Gasteiger partial charge in [0.2, 0.25) is 0 Å². The molecule has 2 aromatic heterocycles. The van der Waals surface area contributed by atoms with Gasteiger partial charge in [0.25, 0.3) is 0 Å². The third-order valence-electron chi connectivity index (χ3n) is 6.89. The Balaban J connectivity index is 0.00000684. The zero-order chi connectivity index (χ0) is 26.0. The van der Waals surface area contributed by atoms with Gasteiger partial charge >= 0.3 is 12.2 Å². The first-order valence-corrected chi connectivity index (χ1v) is 14.4. The Labute approximate surface area is 253 Å². The summed E-state index contributed by atoms with van der Waals surface area (Å²) in [6, 6.07) is 8.46. The molecule has 214 valence electrons. The van der Waals surface area contributed by atoms with Gasteiger partial charge in [0.05, 0.1) is 0 Å². The minimum absolute atomic E-state index is 0. The second kappa shape index (κ2) is 22.3. The average molecular weight is 655 g/mol. The summed E-state index contributed by atoms with van der Waals surface area (Å²) in [5, 5.41) is 0. The first-order valence-electron chi connectivity index (χ1n) is 14.4. The van der Waals surface area contributed by atoms with Gasteiger partial charge < -0.3 is 38.7 Å². The number of esters is 1. The van der Waals surface area contributed by atoms with Crippen molar-refractivity contribution in [1.82, 2.24) is 0 Å². The summed E-state index contributed by atoms with van der Waals surface area (Å²) in [7, 11) is 0. The van der Waals surface area contributed by atoms with Gasteiger partial charge in [0.1, 0.15) is 6.54 Å². The monoisotopic (exact) mass is 652 g/mol. The SMILES string of the molecule is C=C(C)C(=O)OC(C)[n+]1ccc(-c2cc[n+](CCCCCCCCCCCCCCCC)cc2)cc1.[Br-].[Br-]. The standard InChI is InChI=1S/C32H50N2O2.2BrH/c1-5-6-7-8-9-10-11-12-13-14-15-16-17-18-23-33-24-19-30(20-25-33)31-21-26-34(27-22-31)29(4)36-32(35)28(2)3;;/h19-22,24-27,29H,2,5-18,23H2,1,3-4H3;2*1H/q+2;;/p-2. The van der Waals surface area contributed by atoms with E-state index < -0.39 is 0 Å². The number of carbonyl (C=O) groups is 1. The van der Waals surface area contributed by atoms with E-state index in [1.54, 1.807) is 6.92 Å². The van der Waals surface area contributed by atoms with Gasteiger partial charge in [-0.15, -0.1) is 0 Å². The van der Waals surface area contributed by atoms with Crippen molar-refractivity contribution in [1.29, 1.82) is 0 Å². The van der Waals surface area contributed by atoms with Crippen LogP contribution in [0.15, 0.2) is 61.2 Å². The number of pyridine rings is 2. The predicted octanol–water partition coefficient (Wildman–Crippen LogP) is 2.06. The second-order valence-corrected chi connectivity index (χ2v) is 10.2. The highest BCUT2D eigenvalue weighted by Gasteiger charge is 2.17. The maximum absolute atomic E-state index is 11.7. The molecule has 2 rings (SSSR count). The van der Waals surface area contributed by atoms with E-state index in [0.717, 1.165) is 12.1 Å². The molecule has 1 atom stereocenters. The average Bonchev–Trinajstić information content (AvgIpc) is 2.89. The second-order valence-electron chi connectivity index (χ2n) is 10.2. The Morgan fingerprint density at radius 2 is 1.13 bits per heavy atom. The fourth-order valence-corrected chi connectivity index (χ4v) is 4.48. The van der Waals surface area contributed by atoms with E-state index in [1.807, 2.05) is 23.9 Å². The molecule has 0 aliphatic rings. The normalized spacial score (nSPS) is 11.2. The van der Waals surface area contributed by atoms with Crippen LogP contribution in [-0.4, -0.2) is 5.97 Å². The van der Waals surface area contributed by atoms with Crippen LogP contribution in [0, 0.1) is 0 Å². The first kappa shape index (κ1) is 36.5. The van der Waals surface area contributed by atoms with E-state index >= 15 is 0 Å². The summed E-state index contributed by atoms with van der Waals surface area (Å²) in [5.41, 5.74) is 2.74. The Hall–Kier alpha value is -1.53. The Kier molecular flexibility index (Phi) is 21.4. The number of aromatic nitrogens is 2. The number of hydrogen-bond acceptors (Lipinski definition) is 2. The van der Waals surface area contributed by atoms with Crippen molar-refractivity contribution in [2.24, 2.45) is 0 Å². The summed E-state index contributed by atoms with van der Waals surface area (Å²) in [4.78, 5) is 11.7. The molecule has 0 radical (unpaired) electrons. The highest BCUT2D eigenvalue weighted by atomic mass is 79.9. The molecular weight excluding hydrogens is 604 g/mol. The van der Waals surface area contributed by atoms with Crippen LogP contribution in [0.1, 0.15) is 117 Å². The van der Waals surface area contributed by atoms with Crippen LogP contribution in [0.4, 0.5) is 0 Å². The number of unbranched alkanes of at least 4 members (excludes halogenated alkanes) is 13. The van der Waals surface area contributed by atoms with E-state index in [2.05, 4.69) is 54.7 Å². The number of hydrogen-bond donors (Lipinski definition) is 0. The van der Waals surface area contributed by atoms with Crippen LogP contribution in [0.25, 0.3) is 11.1 Å². The van der Waals surface area contributed by atoms with Gasteiger partial charge in [0.15, 0.2) is 24.8 Å². The van der Waals surface area contributed by atoms with Crippen molar-refractivity contribution in [3.8, 4) is 11.1 Å². The van der Waals surface area contributed by atoms with Crippen molar-refractivity contribution in [3.63, 3.8) is 0 Å². The maximum atomic E-state index is 11.7. The van der Waals surface area contributed by atoms with Gasteiger partial charge in [-0.25, -0.2) is 9.36 Å². The van der Waals surface area contributed by atoms with Gasteiger partial charge in [-0.2, -0.15) is 4.57 Å². The van der Waals surface area contributed by atoms with E-state index in [9.17, 15) is 4.79 Å². The number of rotatable bonds is 19. The summed E-state index contributed by atoms with van der Waals surface area (Å²) >= 11 is 0. The third kappa shape index (κ3) is 15.2. The molecule has 0 saturated carbocycles. The van der Waals surface area contributed by atoms with Crippen LogP contribution in [0.3, 0.4) is 0 Å². The fourth-order valence-electron chi connectivity index (χ4n) is 4.48. The molecule has 2 heterocycles. The maximum Gasteiger partial charge on any atom is 0.338 e. The number of halogens is 2. The van der Waals surface area contributed by atoms with E-state index in [1.165, 1.54) is 95.5 Å². The van der Waals surface area contributed by atoms with Crippen molar-refractivity contribution < 1.29 is 52.6 Å². The van der Waals surface area contributed by atoms with E-state index in [0.29, 0.717) is 5.57 Å². The highest BCUT2D eigenvalue weighted by Crippen LogP contribution is 2.17. The fraction of sp³-hybridized carbons (Fsp3) is 0.594. The van der Waals surface area contributed by atoms with Gasteiger partial charge in [0, 0.05) is 43.2 Å². The Morgan fingerprint density at radius 3 is 1.55 bits per heavy atom. The lowest BCUT2D eigenvalue weighted by molar-refractivity contribution is -0.753. The highest BCUT2D eigenvalue weighted by molar-refractivity contribution is 5.86. The van der Waals surface area contributed by atoms with Gasteiger partial charge in [-0.3, -0.25) is 0 Å². The van der Waals surface area contributed by atoms with Crippen molar-refractivity contribution >= 4 is 5.97 Å². The lowest BCUT2D eigenvalue weighted by atomic mass is 10.0. The molecule has 0 N–H and O–H groups in total. The lowest BCUT2D eigenvalue weighted by Gasteiger charge is -2.09. The first-order chi connectivity index (χ1) is 17.5. The zero-order valence-corrected chi connectivity index (χ0v) is 27.1. The molecule has 0 spiro atoms. The lowest BCUT2D eigenvalue weighted by Crippen LogP contribution is -3.00. The number of aryl methyl sites for hydroxylation is 1. The third-order valence-corrected chi connectivity index (χ3v) is 6.89. The van der Waals surface area contributed by atoms with Crippen LogP contribution in [-0.2, 0) is 16.1 Å². The van der Waals surface area contributed by atoms with Crippen LogP contribution in [0.2, 0.25) is 0 Å².